The molecule has 3 aromatic rings. The second-order valence-corrected chi connectivity index (χ2v) is 6.21. The van der Waals surface area contributed by atoms with Gasteiger partial charge in [0.05, 0.1) is 12.0 Å². The fourth-order valence-corrected chi connectivity index (χ4v) is 2.68. The van der Waals surface area contributed by atoms with E-state index in [-0.39, 0.29) is 5.82 Å². The maximum atomic E-state index is 13.2. The number of furan rings is 1. The molecular formula is C22H18F4N2O2. The Morgan fingerprint density at radius 3 is 2.57 bits per heavy atom. The van der Waals surface area contributed by atoms with Gasteiger partial charge in [0.2, 0.25) is 0 Å². The molecule has 3 rings (SSSR count). The Kier molecular flexibility index (Phi) is 6.25. The summed E-state index contributed by atoms with van der Waals surface area (Å²) in [5.41, 5.74) is 2.82. The van der Waals surface area contributed by atoms with Crippen molar-refractivity contribution in [3.8, 4) is 22.8 Å². The number of aromatic nitrogens is 2. The number of aryl methyl sites for hydroxylation is 1. The highest BCUT2D eigenvalue weighted by Gasteiger charge is 2.28. The number of benzene rings is 1. The highest BCUT2D eigenvalue weighted by atomic mass is 19.4. The van der Waals surface area contributed by atoms with Crippen LogP contribution in [-0.2, 0) is 11.2 Å². The van der Waals surface area contributed by atoms with Gasteiger partial charge in [0.25, 0.3) is 0 Å². The molecule has 0 bridgehead atoms. The zero-order valence-corrected chi connectivity index (χ0v) is 16.0. The predicted octanol–water partition coefficient (Wildman–Crippen LogP) is 6.66. The maximum Gasteiger partial charge on any atom is 0.572 e. The molecule has 1 aromatic carbocycles. The van der Waals surface area contributed by atoms with Crippen molar-refractivity contribution in [2.75, 3.05) is 0 Å². The second-order valence-electron chi connectivity index (χ2n) is 6.21. The predicted molar refractivity (Wildman–Crippen MR) is 106 cm³/mol. The van der Waals surface area contributed by atoms with Crippen molar-refractivity contribution >= 4 is 5.57 Å². The standard InChI is InChI=1S/C22H18F4N2O2/c1-3-17-20(15-7-9-16(23)10-8-15)28-21(27-17)19-12-11-18(30-19)14(2)6-4-5-13-29-22(24,25)26/h4-13H,2-3H2,1H3,(H,27,28)/b6-4-,13-5+. The fourth-order valence-electron chi connectivity index (χ4n) is 2.68. The second kappa shape index (κ2) is 8.86. The van der Waals surface area contributed by atoms with Gasteiger partial charge in [0.1, 0.15) is 11.6 Å². The first-order chi connectivity index (χ1) is 14.3. The number of hydrogen-bond acceptors (Lipinski definition) is 3. The van der Waals surface area contributed by atoms with Gasteiger partial charge in [-0.25, -0.2) is 9.37 Å². The Hall–Kier alpha value is -3.55. The zero-order chi connectivity index (χ0) is 21.7. The molecule has 0 saturated heterocycles. The average Bonchev–Trinajstić information content (AvgIpc) is 3.34. The third kappa shape index (κ3) is 5.28. The fraction of sp³-hybridized carbons (Fsp3) is 0.136. The van der Waals surface area contributed by atoms with Crippen molar-refractivity contribution in [1.82, 2.24) is 9.97 Å². The number of ether oxygens (including phenoxy) is 1. The van der Waals surface area contributed by atoms with E-state index in [2.05, 4.69) is 21.3 Å². The van der Waals surface area contributed by atoms with E-state index in [1.54, 1.807) is 24.3 Å². The lowest BCUT2D eigenvalue weighted by molar-refractivity contribution is -0.298. The maximum absolute atomic E-state index is 13.2. The summed E-state index contributed by atoms with van der Waals surface area (Å²) in [6.45, 7) is 5.80. The quantitative estimate of drug-likeness (QED) is 0.265. The van der Waals surface area contributed by atoms with E-state index in [9.17, 15) is 17.6 Å². The largest absolute Gasteiger partial charge is 0.572 e. The normalized spacial score (nSPS) is 12.2. The SMILES string of the molecule is C=C(/C=C\C=C\OC(F)(F)F)c1ccc(-c2nc(-c3ccc(F)cc3)c(CC)[nH]2)o1. The molecule has 1 N–H and O–H groups in total. The van der Waals surface area contributed by atoms with Crippen LogP contribution in [0.3, 0.4) is 0 Å². The molecule has 0 saturated carbocycles. The Bertz CT molecular complexity index is 1070. The van der Waals surface area contributed by atoms with Gasteiger partial charge in [-0.2, -0.15) is 0 Å². The number of rotatable bonds is 7. The van der Waals surface area contributed by atoms with Crippen LogP contribution in [0.4, 0.5) is 17.6 Å². The molecule has 0 aliphatic rings. The van der Waals surface area contributed by atoms with Gasteiger partial charge in [0.15, 0.2) is 11.6 Å². The number of halogens is 4. The smallest absolute Gasteiger partial charge is 0.453 e. The minimum Gasteiger partial charge on any atom is -0.453 e. The van der Waals surface area contributed by atoms with Crippen LogP contribution < -0.4 is 0 Å². The van der Waals surface area contributed by atoms with E-state index in [0.29, 0.717) is 41.3 Å². The molecule has 0 unspecified atom stereocenters. The molecule has 156 valence electrons. The number of nitrogens with one attached hydrogen (secondary N) is 1. The van der Waals surface area contributed by atoms with Gasteiger partial charge in [-0.15, -0.1) is 13.2 Å². The van der Waals surface area contributed by atoms with Crippen molar-refractivity contribution in [3.63, 3.8) is 0 Å². The van der Waals surface area contributed by atoms with Crippen LogP contribution in [0.1, 0.15) is 18.4 Å². The zero-order valence-electron chi connectivity index (χ0n) is 16.0. The van der Waals surface area contributed by atoms with Crippen LogP contribution in [0.2, 0.25) is 0 Å². The van der Waals surface area contributed by atoms with Gasteiger partial charge in [-0.1, -0.05) is 25.7 Å². The monoisotopic (exact) mass is 418 g/mol. The summed E-state index contributed by atoms with van der Waals surface area (Å²) >= 11 is 0. The lowest BCUT2D eigenvalue weighted by atomic mass is 10.1. The molecule has 0 amide bonds. The lowest BCUT2D eigenvalue weighted by Gasteiger charge is -2.01. The minimum atomic E-state index is -4.72. The van der Waals surface area contributed by atoms with Crippen LogP contribution in [0.15, 0.2) is 71.9 Å². The number of alkyl halides is 3. The Morgan fingerprint density at radius 1 is 1.17 bits per heavy atom. The number of hydrogen-bond donors (Lipinski definition) is 1. The molecule has 0 aliphatic heterocycles. The first kappa shape index (κ1) is 21.2. The highest BCUT2D eigenvalue weighted by Crippen LogP contribution is 2.29. The van der Waals surface area contributed by atoms with Crippen molar-refractivity contribution in [2.45, 2.75) is 19.7 Å². The van der Waals surface area contributed by atoms with Crippen LogP contribution in [-0.4, -0.2) is 16.3 Å². The molecule has 2 heterocycles. The van der Waals surface area contributed by atoms with E-state index >= 15 is 0 Å². The molecule has 8 heteroatoms. The van der Waals surface area contributed by atoms with Gasteiger partial charge in [-0.05, 0) is 48.9 Å². The molecule has 0 fully saturated rings. The van der Waals surface area contributed by atoms with Crippen molar-refractivity contribution < 1.29 is 26.7 Å². The summed E-state index contributed by atoms with van der Waals surface area (Å²) in [5.74, 6) is 1.09. The topological polar surface area (TPSA) is 51.0 Å². The molecule has 0 spiro atoms. The summed E-state index contributed by atoms with van der Waals surface area (Å²) in [4.78, 5) is 7.79. The van der Waals surface area contributed by atoms with E-state index in [1.807, 2.05) is 6.92 Å². The molecule has 30 heavy (non-hydrogen) atoms. The first-order valence-electron chi connectivity index (χ1n) is 8.99. The Morgan fingerprint density at radius 2 is 1.90 bits per heavy atom. The van der Waals surface area contributed by atoms with E-state index in [1.165, 1.54) is 24.3 Å². The Balaban J connectivity index is 1.76. The summed E-state index contributed by atoms with van der Waals surface area (Å²) in [5, 5.41) is 0. The number of allylic oxidation sites excluding steroid dienone is 4. The summed E-state index contributed by atoms with van der Waals surface area (Å²) in [7, 11) is 0. The molecule has 0 radical (unpaired) electrons. The first-order valence-corrected chi connectivity index (χ1v) is 8.99. The minimum absolute atomic E-state index is 0.324. The summed E-state index contributed by atoms with van der Waals surface area (Å²) in [6.07, 6.45) is 0.438. The van der Waals surface area contributed by atoms with Crippen molar-refractivity contribution in [2.24, 2.45) is 0 Å². The van der Waals surface area contributed by atoms with Crippen LogP contribution in [0.5, 0.6) is 0 Å². The number of H-pyrrole nitrogens is 1. The van der Waals surface area contributed by atoms with Crippen molar-refractivity contribution in [3.05, 3.63) is 84.7 Å². The van der Waals surface area contributed by atoms with Crippen LogP contribution >= 0.6 is 0 Å². The van der Waals surface area contributed by atoms with Crippen molar-refractivity contribution in [1.29, 1.82) is 0 Å². The highest BCUT2D eigenvalue weighted by molar-refractivity contribution is 5.71. The molecule has 0 aliphatic carbocycles. The van der Waals surface area contributed by atoms with E-state index in [4.69, 9.17) is 4.42 Å². The molecule has 4 nitrogen and oxygen atoms in total. The number of aromatic amines is 1. The van der Waals surface area contributed by atoms with E-state index < -0.39 is 6.36 Å². The third-order valence-electron chi connectivity index (χ3n) is 4.09. The Labute approximate surface area is 170 Å². The van der Waals surface area contributed by atoms with Gasteiger partial charge in [0, 0.05) is 16.8 Å². The average molecular weight is 418 g/mol. The van der Waals surface area contributed by atoms with Crippen LogP contribution in [0, 0.1) is 5.82 Å². The third-order valence-corrected chi connectivity index (χ3v) is 4.09. The number of imidazole rings is 1. The molecular weight excluding hydrogens is 400 g/mol. The summed E-state index contributed by atoms with van der Waals surface area (Å²) < 4.78 is 58.2. The molecule has 2 aromatic heterocycles. The van der Waals surface area contributed by atoms with Crippen LogP contribution in [0.25, 0.3) is 28.4 Å². The summed E-state index contributed by atoms with van der Waals surface area (Å²) in [6, 6.07) is 9.46. The lowest BCUT2D eigenvalue weighted by Crippen LogP contribution is -2.08. The van der Waals surface area contributed by atoms with Gasteiger partial charge in [-0.3, -0.25) is 0 Å². The van der Waals surface area contributed by atoms with Gasteiger partial charge >= 0.3 is 6.36 Å². The van der Waals surface area contributed by atoms with Gasteiger partial charge < -0.3 is 14.1 Å². The number of nitrogens with zero attached hydrogens (tertiary/aromatic N) is 1. The molecule has 0 atom stereocenters. The van der Waals surface area contributed by atoms with E-state index in [0.717, 1.165) is 17.3 Å².